The molecule has 0 radical (unpaired) electrons. The molecule has 3 N–H and O–H groups in total. The third-order valence-corrected chi connectivity index (χ3v) is 9.63. The van der Waals surface area contributed by atoms with Crippen LogP contribution in [0.2, 0.25) is 5.02 Å². The van der Waals surface area contributed by atoms with Crippen LogP contribution in [0.5, 0.6) is 0 Å². The van der Waals surface area contributed by atoms with Gasteiger partial charge in [0.25, 0.3) is 0 Å². The average Bonchev–Trinajstić information content (AvgIpc) is 3.77. The minimum Gasteiger partial charge on any atom is -0.359 e. The van der Waals surface area contributed by atoms with Gasteiger partial charge in [0.1, 0.15) is 5.82 Å². The summed E-state index contributed by atoms with van der Waals surface area (Å²) in [5.74, 6) is -2.45. The van der Waals surface area contributed by atoms with Crippen LogP contribution in [0.3, 0.4) is 0 Å². The van der Waals surface area contributed by atoms with Crippen LogP contribution in [0.4, 0.5) is 17.6 Å². The van der Waals surface area contributed by atoms with Crippen LogP contribution >= 0.6 is 11.6 Å². The fraction of sp³-hybridized carbons (Fsp3) is 0.438. The first-order valence-corrected chi connectivity index (χ1v) is 15.0. The van der Waals surface area contributed by atoms with Gasteiger partial charge in [0.05, 0.1) is 16.5 Å². The van der Waals surface area contributed by atoms with Gasteiger partial charge in [0, 0.05) is 58.3 Å². The molecule has 3 aliphatic rings. The summed E-state index contributed by atoms with van der Waals surface area (Å²) >= 11 is 6.50. The largest absolute Gasteiger partial charge is 0.398 e. The van der Waals surface area contributed by atoms with Crippen molar-refractivity contribution in [2.24, 2.45) is 16.8 Å². The molecule has 1 aliphatic heterocycles. The minimum absolute atomic E-state index is 0.0141. The minimum atomic E-state index is -4.49. The molecule has 45 heavy (non-hydrogen) atoms. The topological polar surface area (TPSA) is 108 Å². The molecule has 240 valence electrons. The lowest BCUT2D eigenvalue weighted by molar-refractivity contribution is -0.160. The summed E-state index contributed by atoms with van der Waals surface area (Å²) < 4.78 is 57.8. The van der Waals surface area contributed by atoms with Crippen molar-refractivity contribution in [1.29, 1.82) is 0 Å². The van der Waals surface area contributed by atoms with E-state index < -0.39 is 35.3 Å². The second-order valence-corrected chi connectivity index (χ2v) is 12.7. The van der Waals surface area contributed by atoms with Gasteiger partial charge in [-0.3, -0.25) is 9.59 Å². The number of allylic oxidation sites excluding steroid dienone is 1. The lowest BCUT2D eigenvalue weighted by atomic mass is 9.80. The molecule has 2 aromatic carbocycles. The Balaban J connectivity index is 1.50. The van der Waals surface area contributed by atoms with E-state index in [2.05, 4.69) is 17.1 Å². The molecule has 1 saturated carbocycles. The number of likely N-dealkylation sites (tertiary alicyclic amines) is 1. The number of nitrogens with two attached hydrogens (primary N) is 1. The Morgan fingerprint density at radius 1 is 1.20 bits per heavy atom. The zero-order valence-corrected chi connectivity index (χ0v) is 25.6. The van der Waals surface area contributed by atoms with Crippen molar-refractivity contribution in [3.05, 3.63) is 92.2 Å². The number of carbonyl (C=O) groups is 2. The number of hydrogen-bond acceptors (Lipinski definition) is 6. The first-order chi connectivity index (χ1) is 21.2. The van der Waals surface area contributed by atoms with Gasteiger partial charge < -0.3 is 20.9 Å². The number of hydrogen-bond donors (Lipinski definition) is 2. The van der Waals surface area contributed by atoms with E-state index in [9.17, 15) is 27.7 Å². The van der Waals surface area contributed by atoms with E-state index >= 15 is 4.39 Å². The van der Waals surface area contributed by atoms with Gasteiger partial charge in [-0.15, -0.1) is 4.91 Å². The molecule has 2 atom stereocenters. The maximum Gasteiger partial charge on any atom is 0.398 e. The van der Waals surface area contributed by atoms with Crippen molar-refractivity contribution >= 4 is 29.1 Å². The smallest absolute Gasteiger partial charge is 0.359 e. The molecular weight excluding hydrogens is 614 g/mol. The SMILES string of the molecule is C=C(NC1=C(C(N)c2ccc(C(=O)N=O)cc2F)CCC(C(=O)N2CC(N(C)C)C2)C1)c1c(Cl)cccc1C1(C(F)(F)F)CC1. The van der Waals surface area contributed by atoms with E-state index in [1.54, 1.807) is 4.90 Å². The first-order valence-electron chi connectivity index (χ1n) is 14.6. The van der Waals surface area contributed by atoms with Crippen LogP contribution in [0.1, 0.15) is 65.2 Å². The Kier molecular flexibility index (Phi) is 8.96. The standard InChI is InChI=1S/C32H34ClF4N5O3/c1-17(27-23(5-4-6-24(27)33)31(11-12-31)32(35,36)37)39-26-14-19(30(44)42-15-20(16-42)41(2)3)8-10-22(26)28(38)21-9-7-18(13-25(21)34)29(43)40-45/h4-7,9,13,19-20,28,39H,1,8,10-12,14-16,38H2,2-3H3. The molecular formula is C32H34ClF4N5O3. The van der Waals surface area contributed by atoms with E-state index in [1.807, 2.05) is 19.0 Å². The van der Waals surface area contributed by atoms with Crippen LogP contribution < -0.4 is 11.1 Å². The predicted molar refractivity (Wildman–Crippen MR) is 162 cm³/mol. The maximum absolute atomic E-state index is 15.2. The highest BCUT2D eigenvalue weighted by molar-refractivity contribution is 6.32. The van der Waals surface area contributed by atoms with E-state index in [0.29, 0.717) is 30.8 Å². The second-order valence-electron chi connectivity index (χ2n) is 12.3. The van der Waals surface area contributed by atoms with Crippen LogP contribution in [-0.4, -0.2) is 61.0 Å². The highest BCUT2D eigenvalue weighted by atomic mass is 35.5. The zero-order chi connectivity index (χ0) is 32.8. The number of rotatable bonds is 9. The van der Waals surface area contributed by atoms with Crippen molar-refractivity contribution in [2.45, 2.75) is 55.8 Å². The summed E-state index contributed by atoms with van der Waals surface area (Å²) in [6.45, 7) is 5.23. The Bertz CT molecular complexity index is 1580. The normalized spacial score (nSPS) is 20.5. The summed E-state index contributed by atoms with van der Waals surface area (Å²) in [6, 6.07) is 7.01. The quantitative estimate of drug-likeness (QED) is 0.253. The Morgan fingerprint density at radius 2 is 1.89 bits per heavy atom. The van der Waals surface area contributed by atoms with E-state index in [0.717, 1.165) is 6.07 Å². The zero-order valence-electron chi connectivity index (χ0n) is 24.9. The Labute approximate surface area is 263 Å². The third kappa shape index (κ3) is 6.15. The van der Waals surface area contributed by atoms with Crippen molar-refractivity contribution in [3.8, 4) is 0 Å². The average molecular weight is 648 g/mol. The number of benzene rings is 2. The molecule has 2 aromatic rings. The second kappa shape index (κ2) is 12.3. The molecule has 2 fully saturated rings. The third-order valence-electron chi connectivity index (χ3n) is 9.32. The number of alkyl halides is 3. The molecule has 8 nitrogen and oxygen atoms in total. The number of nitrogens with zero attached hydrogens (tertiary/aromatic N) is 3. The molecule has 0 aromatic heterocycles. The Hall–Kier alpha value is -3.61. The number of amides is 2. The van der Waals surface area contributed by atoms with Crippen molar-refractivity contribution in [1.82, 2.24) is 15.1 Å². The molecule has 5 rings (SSSR count). The summed E-state index contributed by atoms with van der Waals surface area (Å²) in [5, 5.41) is 5.56. The molecule has 13 heteroatoms. The van der Waals surface area contributed by atoms with Gasteiger partial charge in [-0.1, -0.05) is 36.4 Å². The molecule has 2 amide bonds. The summed E-state index contributed by atoms with van der Waals surface area (Å²) in [4.78, 5) is 39.6. The van der Waals surface area contributed by atoms with E-state index in [1.165, 1.54) is 30.3 Å². The Morgan fingerprint density at radius 3 is 2.47 bits per heavy atom. The van der Waals surface area contributed by atoms with Gasteiger partial charge in [0.15, 0.2) is 0 Å². The molecule has 1 heterocycles. The van der Waals surface area contributed by atoms with E-state index in [4.69, 9.17) is 17.3 Å². The van der Waals surface area contributed by atoms with Crippen molar-refractivity contribution < 1.29 is 27.2 Å². The fourth-order valence-corrected chi connectivity index (χ4v) is 6.61. The van der Waals surface area contributed by atoms with Crippen molar-refractivity contribution in [2.75, 3.05) is 27.2 Å². The summed E-state index contributed by atoms with van der Waals surface area (Å²) in [7, 11) is 3.89. The number of nitroso groups, excluding NO2 is 1. The van der Waals surface area contributed by atoms with Gasteiger partial charge >= 0.3 is 12.1 Å². The molecule has 0 spiro atoms. The van der Waals surface area contributed by atoms with Crippen LogP contribution in [0.15, 0.2) is 59.4 Å². The lowest BCUT2D eigenvalue weighted by Crippen LogP contribution is -2.60. The highest BCUT2D eigenvalue weighted by Crippen LogP contribution is 2.60. The van der Waals surface area contributed by atoms with Crippen LogP contribution in [0.25, 0.3) is 5.70 Å². The lowest BCUT2D eigenvalue weighted by Gasteiger charge is -2.45. The summed E-state index contributed by atoms with van der Waals surface area (Å²) in [5.41, 5.74) is 5.57. The van der Waals surface area contributed by atoms with Gasteiger partial charge in [-0.05, 0) is 75.5 Å². The van der Waals surface area contributed by atoms with Gasteiger partial charge in [0.2, 0.25) is 5.91 Å². The number of nitrogens with one attached hydrogen (secondary N) is 1. The van der Waals surface area contributed by atoms with Gasteiger partial charge in [-0.2, -0.15) is 13.2 Å². The summed E-state index contributed by atoms with van der Waals surface area (Å²) in [6.07, 6.45) is -3.77. The van der Waals surface area contributed by atoms with E-state index in [-0.39, 0.29) is 70.6 Å². The molecule has 0 bridgehead atoms. The fourth-order valence-electron chi connectivity index (χ4n) is 6.32. The molecule has 2 unspecified atom stereocenters. The van der Waals surface area contributed by atoms with Gasteiger partial charge in [-0.25, -0.2) is 4.39 Å². The first kappa shape index (κ1) is 32.8. The molecule has 2 aliphatic carbocycles. The van der Waals surface area contributed by atoms with Crippen LogP contribution in [0, 0.1) is 16.6 Å². The highest BCUT2D eigenvalue weighted by Gasteiger charge is 2.65. The number of halogens is 5. The maximum atomic E-state index is 15.2. The van der Waals surface area contributed by atoms with Crippen LogP contribution in [-0.2, 0) is 10.2 Å². The van der Waals surface area contributed by atoms with Crippen molar-refractivity contribution in [3.63, 3.8) is 0 Å². The predicted octanol–water partition coefficient (Wildman–Crippen LogP) is 6.07. The number of likely N-dealkylation sites (N-methyl/N-ethyl adjacent to an activating group) is 1. The molecule has 1 saturated heterocycles. The monoisotopic (exact) mass is 647 g/mol. The number of carbonyl (C=O) groups excluding carboxylic acids is 2.